The predicted octanol–water partition coefficient (Wildman–Crippen LogP) is 2.87. The van der Waals surface area contributed by atoms with Crippen LogP contribution in [0.5, 0.6) is 0 Å². The van der Waals surface area contributed by atoms with E-state index in [0.29, 0.717) is 28.4 Å². The molecule has 0 fully saturated rings. The smallest absolute Gasteiger partial charge is 0.200 e. The molecule has 0 amide bonds. The lowest BCUT2D eigenvalue weighted by molar-refractivity contribution is 0.238. The normalized spacial score (nSPS) is 17.3. The number of halogens is 1. The van der Waals surface area contributed by atoms with Crippen molar-refractivity contribution < 1.29 is 4.39 Å². The Kier molecular flexibility index (Phi) is 3.85. The summed E-state index contributed by atoms with van der Waals surface area (Å²) in [6.07, 6.45) is 0.946. The zero-order valence-electron chi connectivity index (χ0n) is 15.6. The fraction of sp³-hybridized carbons (Fsp3) is 0.150. The van der Waals surface area contributed by atoms with Gasteiger partial charge in [0, 0.05) is 11.8 Å². The summed E-state index contributed by atoms with van der Waals surface area (Å²) >= 11 is 0. The molecule has 29 heavy (non-hydrogen) atoms. The molecule has 2 atom stereocenters. The fourth-order valence-electron chi connectivity index (χ4n) is 3.81. The second kappa shape index (κ2) is 6.42. The number of hydrogen-bond acceptors (Lipinski definition) is 6. The standard InChI is InChI=1S/C20H19FN8/c1-11(28-17(22)16-18(25-10-24-16)27-20(28)23)19-26-14-8-7-12(21)9-15(14)29(19)13-5-3-2-4-6-13/h2-11,17H,22H2,1H3,(H2,23,27)(H,24,25). The molecular formula is C20H19FN8. The number of para-hydroxylation sites is 1. The van der Waals surface area contributed by atoms with E-state index >= 15 is 0 Å². The molecule has 0 bridgehead atoms. The van der Waals surface area contributed by atoms with Crippen LogP contribution in [0.3, 0.4) is 0 Å². The lowest BCUT2D eigenvalue weighted by Crippen LogP contribution is -2.47. The Balaban J connectivity index is 1.69. The maximum atomic E-state index is 14.0. The number of hydrogen-bond donors (Lipinski definition) is 3. The molecule has 2 aromatic heterocycles. The number of nitrogens with zero attached hydrogens (tertiary/aromatic N) is 5. The second-order valence-corrected chi connectivity index (χ2v) is 6.91. The second-order valence-electron chi connectivity index (χ2n) is 6.91. The number of aromatic nitrogens is 4. The largest absolute Gasteiger partial charge is 0.369 e. The maximum absolute atomic E-state index is 14.0. The Labute approximate surface area is 165 Å². The molecule has 0 spiro atoms. The van der Waals surface area contributed by atoms with Crippen molar-refractivity contribution in [3.05, 3.63) is 72.2 Å². The summed E-state index contributed by atoms with van der Waals surface area (Å²) in [7, 11) is 0. The number of nitrogens with one attached hydrogen (secondary N) is 1. The molecule has 3 heterocycles. The molecule has 0 saturated carbocycles. The third-order valence-corrected chi connectivity index (χ3v) is 5.17. The molecule has 4 aromatic rings. The Morgan fingerprint density at radius 1 is 1.17 bits per heavy atom. The Morgan fingerprint density at radius 2 is 1.97 bits per heavy atom. The molecule has 146 valence electrons. The SMILES string of the molecule is CC(c1nc2ccc(F)cc2n1-c1ccccc1)N1C(N)=Nc2[nH]cnc2C1N. The van der Waals surface area contributed by atoms with Crippen molar-refractivity contribution >= 4 is 22.8 Å². The van der Waals surface area contributed by atoms with E-state index in [9.17, 15) is 4.39 Å². The van der Waals surface area contributed by atoms with Crippen LogP contribution in [0.1, 0.15) is 30.6 Å². The summed E-state index contributed by atoms with van der Waals surface area (Å²) in [5.41, 5.74) is 15.5. The summed E-state index contributed by atoms with van der Waals surface area (Å²) in [5, 5.41) is 0. The zero-order valence-corrected chi connectivity index (χ0v) is 15.6. The average molecular weight is 390 g/mol. The molecule has 0 radical (unpaired) electrons. The van der Waals surface area contributed by atoms with Crippen LogP contribution in [0.15, 0.2) is 59.9 Å². The maximum Gasteiger partial charge on any atom is 0.200 e. The van der Waals surface area contributed by atoms with Crippen LogP contribution in [0.25, 0.3) is 16.7 Å². The van der Waals surface area contributed by atoms with Gasteiger partial charge in [0.1, 0.15) is 23.5 Å². The number of fused-ring (bicyclic) bond motifs is 2. The number of nitrogens with two attached hydrogens (primary N) is 2. The Bertz CT molecular complexity index is 1230. The van der Waals surface area contributed by atoms with Crippen molar-refractivity contribution in [1.82, 2.24) is 24.4 Å². The summed E-state index contributed by atoms with van der Waals surface area (Å²) in [5.74, 6) is 1.16. The highest BCUT2D eigenvalue weighted by Gasteiger charge is 2.34. The van der Waals surface area contributed by atoms with Gasteiger partial charge in [-0.05, 0) is 31.2 Å². The Hall–Kier alpha value is -3.72. The lowest BCUT2D eigenvalue weighted by atomic mass is 10.2. The van der Waals surface area contributed by atoms with Crippen LogP contribution < -0.4 is 11.5 Å². The monoisotopic (exact) mass is 390 g/mol. The van der Waals surface area contributed by atoms with Crippen molar-refractivity contribution in [2.24, 2.45) is 16.5 Å². The summed E-state index contributed by atoms with van der Waals surface area (Å²) in [6, 6.07) is 13.9. The number of aliphatic imine (C=N–C) groups is 1. The first-order valence-electron chi connectivity index (χ1n) is 9.19. The molecule has 2 aromatic carbocycles. The van der Waals surface area contributed by atoms with Gasteiger partial charge >= 0.3 is 0 Å². The van der Waals surface area contributed by atoms with Crippen LogP contribution in [0, 0.1) is 5.82 Å². The highest BCUT2D eigenvalue weighted by Crippen LogP contribution is 2.35. The minimum absolute atomic E-state index is 0.264. The minimum atomic E-state index is -0.593. The van der Waals surface area contributed by atoms with Gasteiger partial charge in [-0.15, -0.1) is 0 Å². The molecule has 0 aliphatic carbocycles. The third-order valence-electron chi connectivity index (χ3n) is 5.17. The van der Waals surface area contributed by atoms with Crippen molar-refractivity contribution in [3.8, 4) is 5.69 Å². The fourth-order valence-corrected chi connectivity index (χ4v) is 3.81. The number of guanidine groups is 1. The van der Waals surface area contributed by atoms with Gasteiger partial charge in [0.15, 0.2) is 11.8 Å². The topological polar surface area (TPSA) is 114 Å². The van der Waals surface area contributed by atoms with E-state index in [1.807, 2.05) is 41.8 Å². The lowest BCUT2D eigenvalue weighted by Gasteiger charge is -2.36. The molecule has 2 unspecified atom stereocenters. The first-order valence-corrected chi connectivity index (χ1v) is 9.19. The van der Waals surface area contributed by atoms with E-state index in [1.54, 1.807) is 11.0 Å². The van der Waals surface area contributed by atoms with Crippen molar-refractivity contribution in [3.63, 3.8) is 0 Å². The van der Waals surface area contributed by atoms with Crippen LogP contribution in [-0.2, 0) is 0 Å². The number of rotatable bonds is 3. The first-order chi connectivity index (χ1) is 14.0. The van der Waals surface area contributed by atoms with Gasteiger partial charge in [0.05, 0.1) is 23.4 Å². The van der Waals surface area contributed by atoms with E-state index in [2.05, 4.69) is 15.0 Å². The number of aromatic amines is 1. The van der Waals surface area contributed by atoms with E-state index in [0.717, 1.165) is 5.69 Å². The number of H-pyrrole nitrogens is 1. The molecule has 9 heteroatoms. The zero-order chi connectivity index (χ0) is 20.1. The van der Waals surface area contributed by atoms with Gasteiger partial charge in [-0.25, -0.2) is 14.4 Å². The average Bonchev–Trinajstić information content (AvgIpc) is 3.32. The summed E-state index contributed by atoms with van der Waals surface area (Å²) < 4.78 is 15.9. The van der Waals surface area contributed by atoms with Crippen LogP contribution in [0.4, 0.5) is 10.2 Å². The van der Waals surface area contributed by atoms with E-state index < -0.39 is 6.17 Å². The molecule has 1 aliphatic rings. The van der Waals surface area contributed by atoms with Crippen molar-refractivity contribution in [2.75, 3.05) is 0 Å². The van der Waals surface area contributed by atoms with Gasteiger partial charge in [-0.1, -0.05) is 18.2 Å². The molecule has 5 N–H and O–H groups in total. The van der Waals surface area contributed by atoms with Gasteiger partial charge in [-0.3, -0.25) is 4.57 Å². The van der Waals surface area contributed by atoms with E-state index in [4.69, 9.17) is 16.5 Å². The predicted molar refractivity (Wildman–Crippen MR) is 108 cm³/mol. The molecule has 1 aliphatic heterocycles. The highest BCUT2D eigenvalue weighted by molar-refractivity contribution is 5.84. The van der Waals surface area contributed by atoms with Crippen molar-refractivity contribution in [1.29, 1.82) is 0 Å². The van der Waals surface area contributed by atoms with Crippen molar-refractivity contribution in [2.45, 2.75) is 19.1 Å². The quantitative estimate of drug-likeness (QED) is 0.498. The van der Waals surface area contributed by atoms with Crippen LogP contribution in [-0.4, -0.2) is 30.4 Å². The molecule has 5 rings (SSSR count). The van der Waals surface area contributed by atoms with Gasteiger partial charge in [0.2, 0.25) is 0 Å². The van der Waals surface area contributed by atoms with Crippen LogP contribution >= 0.6 is 0 Å². The Morgan fingerprint density at radius 3 is 2.76 bits per heavy atom. The summed E-state index contributed by atoms with van der Waals surface area (Å²) in [6.45, 7) is 1.94. The van der Waals surface area contributed by atoms with E-state index in [-0.39, 0.29) is 17.8 Å². The molecule has 8 nitrogen and oxygen atoms in total. The highest BCUT2D eigenvalue weighted by atomic mass is 19.1. The molecule has 0 saturated heterocycles. The van der Waals surface area contributed by atoms with Gasteiger partial charge in [0.25, 0.3) is 0 Å². The minimum Gasteiger partial charge on any atom is -0.369 e. The third kappa shape index (κ3) is 2.66. The van der Waals surface area contributed by atoms with Crippen LogP contribution in [0.2, 0.25) is 0 Å². The number of imidazole rings is 2. The first kappa shape index (κ1) is 17.4. The van der Waals surface area contributed by atoms with E-state index in [1.165, 1.54) is 18.5 Å². The molecular weight excluding hydrogens is 371 g/mol. The van der Waals surface area contributed by atoms with Gasteiger partial charge < -0.3 is 21.4 Å². The van der Waals surface area contributed by atoms with Gasteiger partial charge in [-0.2, -0.15) is 4.99 Å². The number of benzene rings is 2. The summed E-state index contributed by atoms with van der Waals surface area (Å²) in [4.78, 5) is 18.1.